The quantitative estimate of drug-likeness (QED) is 0.244. The molecule has 4 atom stereocenters. The highest BCUT2D eigenvalue weighted by molar-refractivity contribution is 6.25. The number of allylic oxidation sites excluding steroid dienone is 1. The van der Waals surface area contributed by atoms with Crippen LogP contribution < -0.4 is 11.5 Å². The number of likely N-dealkylation sites (N-methyl/N-ethyl adjacent to an activating group) is 1. The highest BCUT2D eigenvalue weighted by Gasteiger charge is 2.63. The van der Waals surface area contributed by atoms with E-state index in [2.05, 4.69) is 0 Å². The van der Waals surface area contributed by atoms with E-state index in [4.69, 9.17) is 11.5 Å². The van der Waals surface area contributed by atoms with E-state index >= 15 is 0 Å². The molecule has 0 saturated carbocycles. The molecule has 8 N–H and O–H groups in total. The Hall–Kier alpha value is -3.54. The zero-order valence-corrected chi connectivity index (χ0v) is 19.5. The van der Waals surface area contributed by atoms with Gasteiger partial charge in [-0.25, -0.2) is 0 Å². The van der Waals surface area contributed by atoms with E-state index in [0.717, 1.165) is 0 Å². The van der Waals surface area contributed by atoms with Crippen molar-refractivity contribution >= 4 is 23.3 Å². The number of rotatable bonds is 4. The van der Waals surface area contributed by atoms with Gasteiger partial charge in [0.25, 0.3) is 5.91 Å². The first-order valence-corrected chi connectivity index (χ1v) is 11.0. The van der Waals surface area contributed by atoms with E-state index < -0.39 is 63.8 Å². The summed E-state index contributed by atoms with van der Waals surface area (Å²) in [5.74, 6) is -7.73. The number of phenolic OH excluding ortho intramolecular Hbond substituents is 1. The van der Waals surface area contributed by atoms with E-state index in [1.807, 2.05) is 0 Å². The molecule has 11 heteroatoms. The Kier molecular flexibility index (Phi) is 5.62. The number of aliphatic hydroxyl groups is 3. The van der Waals surface area contributed by atoms with Gasteiger partial charge in [0.15, 0.2) is 17.2 Å². The molecule has 4 rings (SSSR count). The van der Waals surface area contributed by atoms with Gasteiger partial charge in [-0.15, -0.1) is 0 Å². The fourth-order valence-corrected chi connectivity index (χ4v) is 5.84. The third-order valence-electron chi connectivity index (χ3n) is 7.40. The monoisotopic (exact) mass is 485 g/mol. The van der Waals surface area contributed by atoms with Gasteiger partial charge in [0.05, 0.1) is 11.6 Å². The number of phenols is 1. The molecule has 0 spiro atoms. The summed E-state index contributed by atoms with van der Waals surface area (Å²) in [4.78, 5) is 52.7. The number of nitrogens with zero attached hydrogens (tertiary/aromatic N) is 1. The number of hydrogen-bond donors (Lipinski definition) is 6. The lowest BCUT2D eigenvalue weighted by atomic mass is 9.58. The topological polar surface area (TPSA) is 204 Å². The van der Waals surface area contributed by atoms with Crippen LogP contribution in [0.5, 0.6) is 5.75 Å². The maximum atomic E-state index is 13.6. The van der Waals surface area contributed by atoms with Crippen molar-refractivity contribution < 1.29 is 39.6 Å². The van der Waals surface area contributed by atoms with Crippen molar-refractivity contribution in [3.63, 3.8) is 0 Å². The van der Waals surface area contributed by atoms with E-state index in [0.29, 0.717) is 0 Å². The smallest absolute Gasteiger partial charge is 0.255 e. The summed E-state index contributed by atoms with van der Waals surface area (Å²) in [5, 5.41) is 44.3. The molecule has 0 aromatic heterocycles. The summed E-state index contributed by atoms with van der Waals surface area (Å²) in [6, 6.07) is 0.346. The number of amides is 1. The predicted molar refractivity (Wildman–Crippen MR) is 122 cm³/mol. The Balaban J connectivity index is 2.01. The van der Waals surface area contributed by atoms with Crippen molar-refractivity contribution in [3.05, 3.63) is 51.0 Å². The van der Waals surface area contributed by atoms with E-state index in [1.54, 1.807) is 14.1 Å². The normalized spacial score (nSPS) is 28.1. The number of primary amides is 1. The summed E-state index contributed by atoms with van der Waals surface area (Å²) in [5.41, 5.74) is 7.53. The average molecular weight is 485 g/mol. The van der Waals surface area contributed by atoms with E-state index in [1.165, 1.54) is 17.9 Å². The maximum Gasteiger partial charge on any atom is 0.255 e. The van der Waals surface area contributed by atoms with Gasteiger partial charge in [-0.2, -0.15) is 0 Å². The fraction of sp³-hybridized carbons (Fsp3) is 0.417. The maximum absolute atomic E-state index is 13.6. The van der Waals surface area contributed by atoms with Crippen LogP contribution in [0.2, 0.25) is 0 Å². The lowest BCUT2D eigenvalue weighted by Crippen LogP contribution is -2.63. The minimum Gasteiger partial charge on any atom is -0.510 e. The van der Waals surface area contributed by atoms with E-state index in [9.17, 15) is 39.6 Å². The van der Waals surface area contributed by atoms with Crippen LogP contribution in [-0.4, -0.2) is 74.3 Å². The number of aliphatic hydroxyl groups excluding tert-OH is 2. The molecular formula is C24H27N3O8. The number of carbonyl (C=O) groups is 4. The second kappa shape index (κ2) is 8.01. The third-order valence-corrected chi connectivity index (χ3v) is 7.40. The first-order chi connectivity index (χ1) is 16.3. The largest absolute Gasteiger partial charge is 0.510 e. The van der Waals surface area contributed by atoms with E-state index in [-0.39, 0.29) is 53.0 Å². The highest BCUT2D eigenvalue weighted by atomic mass is 16.3. The van der Waals surface area contributed by atoms with Gasteiger partial charge < -0.3 is 31.9 Å². The Bertz CT molecular complexity index is 1280. The van der Waals surface area contributed by atoms with Crippen molar-refractivity contribution in [1.29, 1.82) is 0 Å². The summed E-state index contributed by atoms with van der Waals surface area (Å²) >= 11 is 0. The summed E-state index contributed by atoms with van der Waals surface area (Å²) in [7, 11) is 3.10. The van der Waals surface area contributed by atoms with Gasteiger partial charge >= 0.3 is 0 Å². The number of nitrogens with two attached hydrogens (primary N) is 2. The standard InChI is InChI=1S/C24H27N3O8/c1-8(28)11-5-10(7-25)18(29)15-12(11)4-9-6-13-17(27(2)3)20(31)16(23(26)34)22(33)24(13,35)21(32)14(9)19(15)30/h5,9,13,17,29,31-32,35H,4,6-7,25H2,1-3H3,(H2,26,34). The molecule has 0 bridgehead atoms. The van der Waals surface area contributed by atoms with Gasteiger partial charge in [-0.3, -0.25) is 24.1 Å². The zero-order valence-electron chi connectivity index (χ0n) is 19.5. The number of carbonyl (C=O) groups excluding carboxylic acids is 4. The van der Waals surface area contributed by atoms with Crippen molar-refractivity contribution in [2.45, 2.75) is 38.0 Å². The Morgan fingerprint density at radius 2 is 1.83 bits per heavy atom. The SMILES string of the molecule is CC(=O)c1cc(CN)c(O)c2c1CC1CC3C(N(C)C)C(O)=C(C(N)=O)C(=O)C3(O)C(O)=C1C2=O. The minimum atomic E-state index is -2.71. The first-order valence-electron chi connectivity index (χ1n) is 11.0. The minimum absolute atomic E-state index is 0.0435. The summed E-state index contributed by atoms with van der Waals surface area (Å²) < 4.78 is 0. The van der Waals surface area contributed by atoms with Crippen LogP contribution in [0.1, 0.15) is 45.2 Å². The van der Waals surface area contributed by atoms with Gasteiger partial charge in [0.2, 0.25) is 5.78 Å². The second-order valence-electron chi connectivity index (χ2n) is 9.51. The molecule has 1 aromatic carbocycles. The Labute approximate surface area is 200 Å². The molecule has 0 fully saturated rings. The van der Waals surface area contributed by atoms with Crippen molar-refractivity contribution in [2.75, 3.05) is 14.1 Å². The molecule has 0 saturated heterocycles. The number of benzene rings is 1. The van der Waals surface area contributed by atoms with Gasteiger partial charge in [0, 0.05) is 29.2 Å². The summed E-state index contributed by atoms with van der Waals surface area (Å²) in [6.07, 6.45) is -0.00955. The van der Waals surface area contributed by atoms with Crippen molar-refractivity contribution in [1.82, 2.24) is 4.90 Å². The molecule has 3 aliphatic rings. The molecular weight excluding hydrogens is 458 g/mol. The van der Waals surface area contributed by atoms with Gasteiger partial charge in [-0.05, 0) is 51.4 Å². The van der Waals surface area contributed by atoms with Gasteiger partial charge in [0.1, 0.15) is 22.8 Å². The number of aromatic hydroxyl groups is 1. The van der Waals surface area contributed by atoms with Crippen molar-refractivity contribution in [2.24, 2.45) is 23.3 Å². The number of fused-ring (bicyclic) bond motifs is 3. The van der Waals surface area contributed by atoms with Crippen LogP contribution in [0.4, 0.5) is 0 Å². The Morgan fingerprint density at radius 1 is 1.20 bits per heavy atom. The molecule has 1 amide bonds. The molecule has 0 aliphatic heterocycles. The fourth-order valence-electron chi connectivity index (χ4n) is 5.84. The van der Waals surface area contributed by atoms with Gasteiger partial charge in [-0.1, -0.05) is 0 Å². The molecule has 11 nitrogen and oxygen atoms in total. The summed E-state index contributed by atoms with van der Waals surface area (Å²) in [6.45, 7) is 1.15. The predicted octanol–water partition coefficient (Wildman–Crippen LogP) is -0.218. The Morgan fingerprint density at radius 3 is 2.34 bits per heavy atom. The molecule has 0 radical (unpaired) electrons. The van der Waals surface area contributed by atoms with Crippen LogP contribution in [-0.2, 0) is 22.6 Å². The zero-order chi connectivity index (χ0) is 26.1. The first kappa shape index (κ1) is 24.6. The second-order valence-corrected chi connectivity index (χ2v) is 9.51. The van der Waals surface area contributed by atoms with Crippen LogP contribution >= 0.6 is 0 Å². The number of Topliss-reactive ketones (excluding diaryl/α,β-unsaturated/α-hetero) is 3. The molecule has 3 aliphatic carbocycles. The van der Waals surface area contributed by atoms with Crippen LogP contribution in [0.15, 0.2) is 28.7 Å². The molecule has 1 aromatic rings. The van der Waals surface area contributed by atoms with Crippen LogP contribution in [0.3, 0.4) is 0 Å². The molecule has 186 valence electrons. The number of ketones is 3. The molecule has 4 unspecified atom stereocenters. The molecule has 0 heterocycles. The van der Waals surface area contributed by atoms with Crippen LogP contribution in [0, 0.1) is 11.8 Å². The third kappa shape index (κ3) is 3.15. The lowest BCUT2D eigenvalue weighted by molar-refractivity contribution is -0.148. The molecule has 35 heavy (non-hydrogen) atoms. The van der Waals surface area contributed by atoms with Crippen LogP contribution in [0.25, 0.3) is 0 Å². The number of hydrogen-bond acceptors (Lipinski definition) is 10. The van der Waals surface area contributed by atoms with Crippen molar-refractivity contribution in [3.8, 4) is 5.75 Å². The average Bonchev–Trinajstić information content (AvgIpc) is 2.75. The lowest BCUT2D eigenvalue weighted by Gasteiger charge is -2.50. The highest BCUT2D eigenvalue weighted by Crippen LogP contribution is 2.52.